The smallest absolute Gasteiger partial charge is 0.242 e. The van der Waals surface area contributed by atoms with Gasteiger partial charge in [-0.05, 0) is 42.0 Å². The molecule has 1 aromatic carbocycles. The van der Waals surface area contributed by atoms with E-state index >= 15 is 0 Å². The Kier molecular flexibility index (Phi) is 11.2. The second-order valence-corrected chi connectivity index (χ2v) is 8.61. The van der Waals surface area contributed by atoms with Crippen molar-refractivity contribution in [2.24, 2.45) is 0 Å². The van der Waals surface area contributed by atoms with Crippen LogP contribution in [0.1, 0.15) is 49.5 Å². The van der Waals surface area contributed by atoms with Gasteiger partial charge in [0, 0.05) is 38.1 Å². The third kappa shape index (κ3) is 9.19. The van der Waals surface area contributed by atoms with Gasteiger partial charge in [0.25, 0.3) is 0 Å². The quantitative estimate of drug-likeness (QED) is 0.388. The standard InChI is InChI=1S/C24H33FN2O3S/c1-3-4-5-9-23(28)26(14-7-15-30-2)19-24(29)27(18-22-8-6-16-31-22)17-20-10-12-21(25)13-11-20/h6,8,10-13,16H,3-5,7,9,14-15,17-19H2,1-2H3. The molecule has 0 saturated heterocycles. The highest BCUT2D eigenvalue weighted by atomic mass is 32.1. The molecule has 0 N–H and O–H groups in total. The lowest BCUT2D eigenvalue weighted by Crippen LogP contribution is -2.43. The summed E-state index contributed by atoms with van der Waals surface area (Å²) in [6.07, 6.45) is 4.02. The molecule has 31 heavy (non-hydrogen) atoms. The SMILES string of the molecule is CCCCCC(=O)N(CCCOC)CC(=O)N(Cc1ccc(F)cc1)Cc1cccs1. The summed E-state index contributed by atoms with van der Waals surface area (Å²) in [6.45, 7) is 4.01. The number of hydrogen-bond acceptors (Lipinski definition) is 4. The van der Waals surface area contributed by atoms with E-state index < -0.39 is 0 Å². The van der Waals surface area contributed by atoms with E-state index in [1.807, 2.05) is 17.5 Å². The molecule has 0 fully saturated rings. The van der Waals surface area contributed by atoms with Crippen LogP contribution in [0.2, 0.25) is 0 Å². The second-order valence-electron chi connectivity index (χ2n) is 7.57. The summed E-state index contributed by atoms with van der Waals surface area (Å²) in [5.41, 5.74) is 0.853. The lowest BCUT2D eigenvalue weighted by atomic mass is 10.2. The van der Waals surface area contributed by atoms with E-state index in [1.165, 1.54) is 12.1 Å². The number of carbonyl (C=O) groups excluding carboxylic acids is 2. The molecule has 2 rings (SSSR count). The largest absolute Gasteiger partial charge is 0.385 e. The minimum Gasteiger partial charge on any atom is -0.385 e. The molecule has 5 nitrogen and oxygen atoms in total. The number of thiophene rings is 1. The van der Waals surface area contributed by atoms with Crippen LogP contribution in [0.4, 0.5) is 4.39 Å². The Morgan fingerprint density at radius 2 is 1.77 bits per heavy atom. The van der Waals surface area contributed by atoms with Gasteiger partial charge in [-0.15, -0.1) is 11.3 Å². The maximum absolute atomic E-state index is 13.3. The monoisotopic (exact) mass is 448 g/mol. The average molecular weight is 449 g/mol. The third-order valence-corrected chi connectivity index (χ3v) is 5.88. The van der Waals surface area contributed by atoms with Gasteiger partial charge >= 0.3 is 0 Å². The number of hydrogen-bond donors (Lipinski definition) is 0. The molecule has 0 aliphatic rings. The molecular formula is C24H33FN2O3S. The Labute approximate surface area is 188 Å². The molecule has 1 aromatic heterocycles. The van der Waals surface area contributed by atoms with Crippen molar-refractivity contribution in [1.82, 2.24) is 9.80 Å². The first-order valence-electron chi connectivity index (χ1n) is 10.8. The molecule has 0 unspecified atom stereocenters. The zero-order valence-corrected chi connectivity index (χ0v) is 19.3. The van der Waals surface area contributed by atoms with E-state index in [-0.39, 0.29) is 24.2 Å². The van der Waals surface area contributed by atoms with Crippen molar-refractivity contribution >= 4 is 23.2 Å². The Hall–Kier alpha value is -2.25. The zero-order chi connectivity index (χ0) is 22.5. The lowest BCUT2D eigenvalue weighted by Gasteiger charge is -2.28. The number of methoxy groups -OCH3 is 1. The van der Waals surface area contributed by atoms with Gasteiger partial charge in [-0.2, -0.15) is 0 Å². The van der Waals surface area contributed by atoms with Crippen LogP contribution in [-0.2, 0) is 27.4 Å². The minimum absolute atomic E-state index is 0.00996. The molecule has 0 atom stereocenters. The summed E-state index contributed by atoms with van der Waals surface area (Å²) in [4.78, 5) is 30.5. The maximum Gasteiger partial charge on any atom is 0.242 e. The number of halogens is 1. The highest BCUT2D eigenvalue weighted by Gasteiger charge is 2.22. The van der Waals surface area contributed by atoms with Crippen LogP contribution in [0, 0.1) is 5.82 Å². The van der Waals surface area contributed by atoms with Crippen LogP contribution < -0.4 is 0 Å². The van der Waals surface area contributed by atoms with Gasteiger partial charge in [0.15, 0.2) is 0 Å². The highest BCUT2D eigenvalue weighted by Crippen LogP contribution is 2.16. The number of amides is 2. The fourth-order valence-corrected chi connectivity index (χ4v) is 3.99. The maximum atomic E-state index is 13.3. The summed E-state index contributed by atoms with van der Waals surface area (Å²) in [5.74, 6) is -0.406. The van der Waals surface area contributed by atoms with Gasteiger partial charge < -0.3 is 14.5 Å². The first-order chi connectivity index (χ1) is 15.0. The van der Waals surface area contributed by atoms with Crippen molar-refractivity contribution < 1.29 is 18.7 Å². The minimum atomic E-state index is -0.304. The Balaban J connectivity index is 2.10. The van der Waals surface area contributed by atoms with Gasteiger partial charge in [0.1, 0.15) is 5.82 Å². The number of rotatable bonds is 14. The Morgan fingerprint density at radius 1 is 1.00 bits per heavy atom. The van der Waals surface area contributed by atoms with Crippen LogP contribution in [0.25, 0.3) is 0 Å². The summed E-state index contributed by atoms with van der Waals surface area (Å²) >= 11 is 1.59. The first-order valence-corrected chi connectivity index (χ1v) is 11.7. The van der Waals surface area contributed by atoms with Crippen molar-refractivity contribution in [2.45, 2.75) is 52.1 Å². The highest BCUT2D eigenvalue weighted by molar-refractivity contribution is 7.09. The topological polar surface area (TPSA) is 49.9 Å². The van der Waals surface area contributed by atoms with E-state index in [2.05, 4.69) is 6.92 Å². The summed E-state index contributed by atoms with van der Waals surface area (Å²) < 4.78 is 18.4. The molecule has 0 aliphatic carbocycles. The summed E-state index contributed by atoms with van der Waals surface area (Å²) in [5, 5.41) is 1.98. The van der Waals surface area contributed by atoms with Crippen molar-refractivity contribution in [3.05, 3.63) is 58.0 Å². The molecule has 0 aliphatic heterocycles. The van der Waals surface area contributed by atoms with Gasteiger partial charge in [-0.25, -0.2) is 4.39 Å². The number of benzene rings is 1. The van der Waals surface area contributed by atoms with Gasteiger partial charge in [0.05, 0.1) is 13.1 Å². The molecule has 1 heterocycles. The van der Waals surface area contributed by atoms with Crippen molar-refractivity contribution in [1.29, 1.82) is 0 Å². The van der Waals surface area contributed by atoms with Crippen LogP contribution >= 0.6 is 11.3 Å². The van der Waals surface area contributed by atoms with Crippen LogP contribution in [0.3, 0.4) is 0 Å². The predicted octanol–water partition coefficient (Wildman–Crippen LogP) is 4.86. The zero-order valence-electron chi connectivity index (χ0n) is 18.5. The average Bonchev–Trinajstić information content (AvgIpc) is 3.27. The number of unbranched alkanes of at least 4 members (excludes halogenated alkanes) is 2. The second kappa shape index (κ2) is 13.9. The van der Waals surface area contributed by atoms with Crippen molar-refractivity contribution in [3.8, 4) is 0 Å². The van der Waals surface area contributed by atoms with E-state index in [0.717, 1.165) is 29.7 Å². The Bertz CT molecular complexity index is 781. The third-order valence-electron chi connectivity index (χ3n) is 5.02. The van der Waals surface area contributed by atoms with Gasteiger partial charge in [-0.1, -0.05) is 38.0 Å². The predicted molar refractivity (Wildman–Crippen MR) is 122 cm³/mol. The molecule has 2 aromatic rings. The fourth-order valence-electron chi connectivity index (χ4n) is 3.27. The molecule has 0 saturated carbocycles. The molecule has 0 radical (unpaired) electrons. The number of ether oxygens (including phenoxy) is 1. The lowest BCUT2D eigenvalue weighted by molar-refractivity contribution is -0.141. The van der Waals surface area contributed by atoms with E-state index in [1.54, 1.807) is 40.4 Å². The van der Waals surface area contributed by atoms with E-state index in [4.69, 9.17) is 4.74 Å². The van der Waals surface area contributed by atoms with Crippen LogP contribution in [0.15, 0.2) is 41.8 Å². The molecule has 2 amide bonds. The fraction of sp³-hybridized carbons (Fsp3) is 0.500. The van der Waals surface area contributed by atoms with Crippen molar-refractivity contribution in [3.63, 3.8) is 0 Å². The van der Waals surface area contributed by atoms with E-state index in [9.17, 15) is 14.0 Å². The number of carbonyl (C=O) groups is 2. The molecular weight excluding hydrogens is 415 g/mol. The van der Waals surface area contributed by atoms with Gasteiger partial charge in [-0.3, -0.25) is 9.59 Å². The molecule has 0 spiro atoms. The molecule has 7 heteroatoms. The van der Waals surface area contributed by atoms with Crippen LogP contribution in [-0.4, -0.2) is 48.4 Å². The summed E-state index contributed by atoms with van der Waals surface area (Å²) in [6, 6.07) is 10.1. The molecule has 170 valence electrons. The van der Waals surface area contributed by atoms with Crippen molar-refractivity contribution in [2.75, 3.05) is 26.8 Å². The van der Waals surface area contributed by atoms with Crippen LogP contribution in [0.5, 0.6) is 0 Å². The normalized spacial score (nSPS) is 10.8. The first kappa shape index (κ1) is 25.0. The number of nitrogens with zero attached hydrogens (tertiary/aromatic N) is 2. The Morgan fingerprint density at radius 3 is 2.42 bits per heavy atom. The van der Waals surface area contributed by atoms with E-state index in [0.29, 0.717) is 39.1 Å². The summed E-state index contributed by atoms with van der Waals surface area (Å²) in [7, 11) is 1.63. The molecule has 0 bridgehead atoms. The van der Waals surface area contributed by atoms with Gasteiger partial charge in [0.2, 0.25) is 11.8 Å².